The molecule has 0 saturated carbocycles. The molecule has 4 atom stereocenters. The number of nitrogens with one attached hydrogen (secondary N) is 1. The van der Waals surface area contributed by atoms with Gasteiger partial charge in [0.05, 0.1) is 28.9 Å². The number of halogens is 1. The van der Waals surface area contributed by atoms with Crippen LogP contribution in [0.5, 0.6) is 0 Å². The molecule has 0 radical (unpaired) electrons. The highest BCUT2D eigenvalue weighted by Gasteiger charge is 2.65. The smallest absolute Gasteiger partial charge is 0.335 e. The van der Waals surface area contributed by atoms with Crippen molar-refractivity contribution in [3.8, 4) is 0 Å². The van der Waals surface area contributed by atoms with E-state index < -0.39 is 40.3 Å². The van der Waals surface area contributed by atoms with Gasteiger partial charge in [-0.1, -0.05) is 17.7 Å². The summed E-state index contributed by atoms with van der Waals surface area (Å²) in [6.07, 6.45) is -0.879. The maximum absolute atomic E-state index is 14.1. The van der Waals surface area contributed by atoms with Crippen LogP contribution < -0.4 is 15.1 Å². The molecule has 0 bridgehead atoms. The molecule has 2 aromatic rings. The van der Waals surface area contributed by atoms with E-state index in [1.165, 1.54) is 18.2 Å². The summed E-state index contributed by atoms with van der Waals surface area (Å²) >= 11 is 6.10. The van der Waals surface area contributed by atoms with E-state index in [2.05, 4.69) is 5.32 Å². The van der Waals surface area contributed by atoms with Gasteiger partial charge in [-0.05, 0) is 43.7 Å². The Kier molecular flexibility index (Phi) is 5.10. The van der Waals surface area contributed by atoms with Gasteiger partial charge in [-0.3, -0.25) is 25.0 Å². The lowest BCUT2D eigenvalue weighted by molar-refractivity contribution is -0.384. The van der Waals surface area contributed by atoms with Gasteiger partial charge in [0.25, 0.3) is 11.6 Å². The minimum atomic E-state index is -1.75. The summed E-state index contributed by atoms with van der Waals surface area (Å²) in [5.74, 6) is -1.47. The lowest BCUT2D eigenvalue weighted by Gasteiger charge is -2.56. The molecule has 0 aliphatic carbocycles. The van der Waals surface area contributed by atoms with Gasteiger partial charge in [0.15, 0.2) is 5.41 Å². The van der Waals surface area contributed by atoms with Crippen molar-refractivity contribution in [1.82, 2.24) is 5.32 Å². The van der Waals surface area contributed by atoms with Gasteiger partial charge >= 0.3 is 6.03 Å². The number of nitrogens with zero attached hydrogens (tertiary/aromatic N) is 3. The molecule has 3 aliphatic heterocycles. The SMILES string of the molecule is C[C@@H]1O[C@@H](C)CN2c3ccc([N+](=O)[O-])cc3C[C@]3(C(=O)NC(=O)N(c4cccc(Cl)c4)C3=O)[C@H]12. The van der Waals surface area contributed by atoms with Crippen LogP contribution in [0.4, 0.5) is 21.9 Å². The molecule has 2 fully saturated rings. The van der Waals surface area contributed by atoms with Crippen LogP contribution >= 0.6 is 11.6 Å². The fraction of sp³-hybridized carbons (Fsp3) is 0.348. The van der Waals surface area contributed by atoms with Gasteiger partial charge < -0.3 is 9.64 Å². The first-order valence-corrected chi connectivity index (χ1v) is 11.2. The highest BCUT2D eigenvalue weighted by Crippen LogP contribution is 2.49. The van der Waals surface area contributed by atoms with E-state index in [0.29, 0.717) is 22.8 Å². The third-order valence-corrected chi connectivity index (χ3v) is 6.95. The number of imide groups is 2. The number of rotatable bonds is 2. The number of morpholine rings is 1. The number of urea groups is 1. The van der Waals surface area contributed by atoms with Gasteiger partial charge in [0.1, 0.15) is 0 Å². The first kappa shape index (κ1) is 22.3. The number of benzene rings is 2. The maximum atomic E-state index is 14.1. The van der Waals surface area contributed by atoms with Gasteiger partial charge in [-0.15, -0.1) is 0 Å². The average Bonchev–Trinajstić information content (AvgIpc) is 2.77. The molecule has 176 valence electrons. The Hall–Kier alpha value is -3.50. The predicted molar refractivity (Wildman–Crippen MR) is 123 cm³/mol. The lowest BCUT2D eigenvalue weighted by Crippen LogP contribution is -2.76. The Bertz CT molecular complexity index is 1250. The van der Waals surface area contributed by atoms with E-state index >= 15 is 0 Å². The summed E-state index contributed by atoms with van der Waals surface area (Å²) < 4.78 is 6.04. The second-order valence-electron chi connectivity index (χ2n) is 8.85. The highest BCUT2D eigenvalue weighted by molar-refractivity contribution is 6.33. The van der Waals surface area contributed by atoms with Crippen molar-refractivity contribution in [2.75, 3.05) is 16.3 Å². The summed E-state index contributed by atoms with van der Waals surface area (Å²) in [6, 6.07) is 9.04. The van der Waals surface area contributed by atoms with Crippen molar-refractivity contribution in [1.29, 1.82) is 0 Å². The van der Waals surface area contributed by atoms with Crippen molar-refractivity contribution in [3.05, 3.63) is 63.2 Å². The number of nitro groups is 1. The monoisotopic (exact) mass is 484 g/mol. The second-order valence-corrected chi connectivity index (χ2v) is 9.28. The summed E-state index contributed by atoms with van der Waals surface area (Å²) in [5, 5.41) is 14.1. The summed E-state index contributed by atoms with van der Waals surface area (Å²) in [6.45, 7) is 4.03. The Morgan fingerprint density at radius 2 is 1.94 bits per heavy atom. The number of amides is 4. The van der Waals surface area contributed by atoms with Crippen molar-refractivity contribution < 1.29 is 24.0 Å². The van der Waals surface area contributed by atoms with E-state index in [4.69, 9.17) is 16.3 Å². The Balaban J connectivity index is 1.71. The summed E-state index contributed by atoms with van der Waals surface area (Å²) in [4.78, 5) is 54.2. The molecule has 1 N–H and O–H groups in total. The molecule has 0 unspecified atom stereocenters. The highest BCUT2D eigenvalue weighted by atomic mass is 35.5. The normalized spacial score (nSPS) is 28.4. The largest absolute Gasteiger partial charge is 0.372 e. The molecule has 2 saturated heterocycles. The Morgan fingerprint density at radius 3 is 2.65 bits per heavy atom. The van der Waals surface area contributed by atoms with Crippen LogP contribution in [0.25, 0.3) is 0 Å². The van der Waals surface area contributed by atoms with E-state index in [1.807, 2.05) is 11.8 Å². The Labute approximate surface area is 199 Å². The van der Waals surface area contributed by atoms with Crippen LogP contribution in [0.2, 0.25) is 5.02 Å². The Morgan fingerprint density at radius 1 is 1.18 bits per heavy atom. The molecule has 4 amide bonds. The van der Waals surface area contributed by atoms with Gasteiger partial charge in [0.2, 0.25) is 5.91 Å². The summed E-state index contributed by atoms with van der Waals surface area (Å²) in [5.41, 5.74) is -0.493. The molecule has 5 rings (SSSR count). The van der Waals surface area contributed by atoms with E-state index in [9.17, 15) is 24.5 Å². The predicted octanol–water partition coefficient (Wildman–Crippen LogP) is 3.06. The van der Waals surface area contributed by atoms with Crippen molar-refractivity contribution in [2.24, 2.45) is 5.41 Å². The number of fused-ring (bicyclic) bond motifs is 4. The molecule has 10 nitrogen and oxygen atoms in total. The molecular weight excluding hydrogens is 464 g/mol. The van der Waals surface area contributed by atoms with Crippen LogP contribution in [-0.4, -0.2) is 47.6 Å². The molecule has 3 aliphatic rings. The third kappa shape index (κ3) is 3.17. The zero-order valence-electron chi connectivity index (χ0n) is 18.4. The first-order chi connectivity index (χ1) is 16.1. The third-order valence-electron chi connectivity index (χ3n) is 6.72. The number of hydrogen-bond donors (Lipinski definition) is 1. The number of barbiturate groups is 1. The molecule has 34 heavy (non-hydrogen) atoms. The lowest BCUT2D eigenvalue weighted by atomic mass is 9.66. The van der Waals surface area contributed by atoms with Crippen molar-refractivity contribution >= 4 is 46.5 Å². The zero-order valence-corrected chi connectivity index (χ0v) is 19.1. The number of non-ortho nitro benzene ring substituents is 1. The van der Waals surface area contributed by atoms with Crippen molar-refractivity contribution in [3.63, 3.8) is 0 Å². The molecule has 1 spiro atoms. The van der Waals surface area contributed by atoms with E-state index in [0.717, 1.165) is 4.90 Å². The van der Waals surface area contributed by atoms with Crippen molar-refractivity contribution in [2.45, 2.75) is 38.5 Å². The average molecular weight is 485 g/mol. The number of carbonyl (C=O) groups excluding carboxylic acids is 3. The zero-order chi connectivity index (χ0) is 24.4. The number of nitro benzene ring substituents is 1. The van der Waals surface area contributed by atoms with Gasteiger partial charge in [0, 0.05) is 35.8 Å². The van der Waals surface area contributed by atoms with Crippen LogP contribution in [-0.2, 0) is 20.7 Å². The maximum Gasteiger partial charge on any atom is 0.335 e. The second kappa shape index (κ2) is 7.78. The quantitative estimate of drug-likeness (QED) is 0.395. The minimum absolute atomic E-state index is 0.123. The number of carbonyl (C=O) groups is 3. The van der Waals surface area contributed by atoms with E-state index in [-0.39, 0.29) is 23.9 Å². The molecular formula is C23H21ClN4O6. The van der Waals surface area contributed by atoms with Crippen LogP contribution in [0.15, 0.2) is 42.5 Å². The topological polar surface area (TPSA) is 122 Å². The van der Waals surface area contributed by atoms with Crippen LogP contribution in [0.1, 0.15) is 19.4 Å². The van der Waals surface area contributed by atoms with E-state index in [1.54, 1.807) is 31.2 Å². The fourth-order valence-electron chi connectivity index (χ4n) is 5.47. The molecule has 2 aromatic carbocycles. The standard InChI is InChI=1S/C23H21ClN4O6/c1-12-11-26-18-7-6-17(28(32)33)8-14(18)10-23(19(26)13(2)34-12)20(29)25-22(31)27(21(23)30)16-5-3-4-15(24)9-16/h3-9,12-13,19H,10-11H2,1-2H3,(H,25,29,31)/t12-,13-,19-,23+/m0/s1. The fourth-order valence-corrected chi connectivity index (χ4v) is 5.66. The first-order valence-electron chi connectivity index (χ1n) is 10.8. The number of anilines is 2. The molecule has 11 heteroatoms. The number of hydrogen-bond acceptors (Lipinski definition) is 7. The molecule has 3 heterocycles. The summed E-state index contributed by atoms with van der Waals surface area (Å²) in [7, 11) is 0. The number of ether oxygens (including phenoxy) is 1. The molecule has 0 aromatic heterocycles. The van der Waals surface area contributed by atoms with Gasteiger partial charge in [-0.2, -0.15) is 0 Å². The van der Waals surface area contributed by atoms with Crippen LogP contribution in [0, 0.1) is 15.5 Å². The van der Waals surface area contributed by atoms with Crippen LogP contribution in [0.3, 0.4) is 0 Å². The minimum Gasteiger partial charge on any atom is -0.372 e. The van der Waals surface area contributed by atoms with Gasteiger partial charge in [-0.25, -0.2) is 9.69 Å².